The molecule has 1 aromatic heterocycles. The van der Waals surface area contributed by atoms with Crippen molar-refractivity contribution < 1.29 is 34.0 Å². The van der Waals surface area contributed by atoms with E-state index in [1.807, 2.05) is 0 Å². The summed E-state index contributed by atoms with van der Waals surface area (Å²) >= 11 is 0. The van der Waals surface area contributed by atoms with Gasteiger partial charge in [-0.3, -0.25) is 9.78 Å². The number of esters is 1. The summed E-state index contributed by atoms with van der Waals surface area (Å²) in [5.41, 5.74) is -6.22. The van der Waals surface area contributed by atoms with Gasteiger partial charge in [-0.2, -0.15) is 4.39 Å². The van der Waals surface area contributed by atoms with Crippen LogP contribution in [0.1, 0.15) is 20.8 Å². The number of carbonyl (C=O) groups excluding carboxylic acids is 1. The topological polar surface area (TPSA) is 151 Å². The van der Waals surface area contributed by atoms with E-state index in [4.69, 9.17) is 9.47 Å². The summed E-state index contributed by atoms with van der Waals surface area (Å²) in [6.07, 6.45) is -3.88. The molecule has 2 heterocycles. The minimum Gasteiger partial charge on any atom is -0.458 e. The molecule has 11 heteroatoms. The third-order valence-electron chi connectivity index (χ3n) is 3.60. The Hall–Kier alpha value is -2.08. The van der Waals surface area contributed by atoms with Crippen molar-refractivity contribution in [2.45, 2.75) is 50.2 Å². The lowest BCUT2D eigenvalue weighted by molar-refractivity contribution is -0.240. The van der Waals surface area contributed by atoms with E-state index in [1.165, 1.54) is 20.8 Å². The molecular weight excluding hydrogens is 343 g/mol. The van der Waals surface area contributed by atoms with Crippen LogP contribution in [0.3, 0.4) is 0 Å². The number of halogens is 1. The summed E-state index contributed by atoms with van der Waals surface area (Å²) in [4.78, 5) is 36.9. The van der Waals surface area contributed by atoms with Crippen LogP contribution >= 0.6 is 0 Å². The quantitative estimate of drug-likeness (QED) is 0.448. The number of rotatable bonds is 3. The van der Waals surface area contributed by atoms with Gasteiger partial charge in [-0.05, 0) is 20.8 Å². The molecule has 0 aromatic carbocycles. The van der Waals surface area contributed by atoms with Gasteiger partial charge in [-0.25, -0.2) is 14.2 Å². The van der Waals surface area contributed by atoms with Crippen molar-refractivity contribution in [1.29, 1.82) is 0 Å². The Morgan fingerprint density at radius 2 is 2.08 bits per heavy atom. The second-order valence-electron chi connectivity index (χ2n) is 6.61. The molecule has 0 aliphatic carbocycles. The number of aliphatic hydroxyl groups is 3. The number of carbonyl (C=O) groups is 1. The van der Waals surface area contributed by atoms with Crippen LogP contribution in [-0.4, -0.2) is 60.9 Å². The Morgan fingerprint density at radius 1 is 1.48 bits per heavy atom. The van der Waals surface area contributed by atoms with Crippen LogP contribution in [0.2, 0.25) is 0 Å². The molecule has 1 saturated heterocycles. The van der Waals surface area contributed by atoms with E-state index >= 15 is 4.39 Å². The zero-order valence-corrected chi connectivity index (χ0v) is 13.7. The first-order chi connectivity index (χ1) is 11.4. The highest BCUT2D eigenvalue weighted by molar-refractivity contribution is 5.82. The Balaban J connectivity index is 2.53. The van der Waals surface area contributed by atoms with Crippen LogP contribution in [0.25, 0.3) is 0 Å². The first-order valence-electron chi connectivity index (χ1n) is 7.30. The minimum absolute atomic E-state index is 0.157. The third kappa shape index (κ3) is 3.11. The summed E-state index contributed by atoms with van der Waals surface area (Å²) in [7, 11) is 0. The van der Waals surface area contributed by atoms with E-state index in [9.17, 15) is 29.7 Å². The summed E-state index contributed by atoms with van der Waals surface area (Å²) < 4.78 is 25.1. The number of nitrogens with zero attached hydrogens (tertiary/aromatic N) is 1. The highest BCUT2D eigenvalue weighted by Crippen LogP contribution is 2.43. The molecular formula is C14H19FN2O8. The normalized spacial score (nSPS) is 32.6. The monoisotopic (exact) mass is 362 g/mol. The maximum Gasteiger partial charge on any atom is 0.344 e. The van der Waals surface area contributed by atoms with Gasteiger partial charge < -0.3 is 24.8 Å². The van der Waals surface area contributed by atoms with Crippen molar-refractivity contribution in [3.8, 4) is 0 Å². The molecule has 1 aliphatic rings. The Bertz CT molecular complexity index is 784. The van der Waals surface area contributed by atoms with Crippen LogP contribution in [0.15, 0.2) is 21.9 Å². The molecule has 0 unspecified atom stereocenters. The molecule has 140 valence electrons. The van der Waals surface area contributed by atoms with Crippen molar-refractivity contribution in [3.63, 3.8) is 0 Å². The van der Waals surface area contributed by atoms with Crippen molar-refractivity contribution >= 4 is 5.97 Å². The Labute approximate surface area is 140 Å². The molecule has 1 fully saturated rings. The zero-order chi connectivity index (χ0) is 19.2. The molecule has 0 bridgehead atoms. The van der Waals surface area contributed by atoms with Crippen molar-refractivity contribution in [2.75, 3.05) is 6.61 Å². The van der Waals surface area contributed by atoms with Gasteiger partial charge in [-0.15, -0.1) is 0 Å². The number of aliphatic hydroxyl groups excluding tert-OH is 2. The van der Waals surface area contributed by atoms with Gasteiger partial charge in [0.05, 0.1) is 6.61 Å². The number of alkyl halides is 1. The first-order valence-corrected chi connectivity index (χ1v) is 7.30. The van der Waals surface area contributed by atoms with Crippen molar-refractivity contribution in [2.24, 2.45) is 0 Å². The summed E-state index contributed by atoms with van der Waals surface area (Å²) in [5.74, 6) is -4.87. The van der Waals surface area contributed by atoms with Crippen LogP contribution < -0.4 is 11.2 Å². The van der Waals surface area contributed by atoms with E-state index in [0.717, 1.165) is 6.07 Å². The highest BCUT2D eigenvalue weighted by Gasteiger charge is 2.70. The predicted octanol–water partition coefficient (Wildman–Crippen LogP) is -2.06. The number of aromatic amines is 1. The summed E-state index contributed by atoms with van der Waals surface area (Å²) in [6, 6.07) is 0.775. The third-order valence-corrected chi connectivity index (χ3v) is 3.60. The molecule has 1 aliphatic heterocycles. The molecule has 25 heavy (non-hydrogen) atoms. The number of hydrogen-bond acceptors (Lipinski definition) is 8. The zero-order valence-electron chi connectivity index (χ0n) is 13.7. The summed E-state index contributed by atoms with van der Waals surface area (Å²) in [5, 5.41) is 30.2. The highest BCUT2D eigenvalue weighted by atomic mass is 19.2. The second kappa shape index (κ2) is 6.02. The lowest BCUT2D eigenvalue weighted by Gasteiger charge is -2.32. The molecule has 10 nitrogen and oxygen atoms in total. The molecule has 0 radical (unpaired) electrons. The minimum atomic E-state index is -3.43. The molecule has 4 N–H and O–H groups in total. The number of H-pyrrole nitrogens is 1. The summed E-state index contributed by atoms with van der Waals surface area (Å²) in [6.45, 7) is 3.36. The maximum absolute atomic E-state index is 15.2. The molecule has 0 spiro atoms. The Morgan fingerprint density at radius 3 is 2.56 bits per heavy atom. The number of hydrogen-bond donors (Lipinski definition) is 4. The Kier molecular flexibility index (Phi) is 4.63. The average molecular weight is 362 g/mol. The van der Waals surface area contributed by atoms with Gasteiger partial charge in [0.2, 0.25) is 5.60 Å². The fraction of sp³-hybridized carbons (Fsp3) is 0.643. The van der Waals surface area contributed by atoms with E-state index in [2.05, 4.69) is 0 Å². The number of aromatic nitrogens is 2. The lowest BCUT2D eigenvalue weighted by Crippen LogP contribution is -2.60. The van der Waals surface area contributed by atoms with Gasteiger partial charge in [0, 0.05) is 12.3 Å². The smallest absolute Gasteiger partial charge is 0.344 e. The van der Waals surface area contributed by atoms with Crippen molar-refractivity contribution in [3.05, 3.63) is 33.1 Å². The van der Waals surface area contributed by atoms with Crippen molar-refractivity contribution in [1.82, 2.24) is 9.55 Å². The van der Waals surface area contributed by atoms with Crippen LogP contribution in [-0.2, 0) is 20.2 Å². The fourth-order valence-corrected chi connectivity index (χ4v) is 2.43. The molecule has 1 aromatic rings. The average Bonchev–Trinajstić information content (AvgIpc) is 2.68. The molecule has 0 amide bonds. The second-order valence-corrected chi connectivity index (χ2v) is 6.61. The fourth-order valence-electron chi connectivity index (χ4n) is 2.43. The number of ether oxygens (including phenoxy) is 2. The largest absolute Gasteiger partial charge is 0.458 e. The maximum atomic E-state index is 15.2. The number of nitrogens with one attached hydrogen (secondary N) is 1. The van der Waals surface area contributed by atoms with E-state index < -0.39 is 53.2 Å². The van der Waals surface area contributed by atoms with E-state index in [0.29, 0.717) is 6.20 Å². The van der Waals surface area contributed by atoms with Gasteiger partial charge in [0.25, 0.3) is 5.56 Å². The van der Waals surface area contributed by atoms with Crippen LogP contribution in [0.4, 0.5) is 4.39 Å². The molecule has 2 rings (SSSR count). The van der Waals surface area contributed by atoms with E-state index in [-0.39, 0.29) is 4.57 Å². The van der Waals surface area contributed by atoms with E-state index in [1.54, 1.807) is 4.98 Å². The van der Waals surface area contributed by atoms with Gasteiger partial charge in [0.1, 0.15) is 11.7 Å². The first kappa shape index (κ1) is 19.2. The van der Waals surface area contributed by atoms with Crippen LogP contribution in [0, 0.1) is 0 Å². The lowest BCUT2D eigenvalue weighted by atomic mass is 9.91. The predicted molar refractivity (Wildman–Crippen MR) is 79.2 cm³/mol. The standard InChI is InChI=1S/C14H19FN2O8/c1-12(2,3)25-10(21)13(23)7(6-18)24-14(15,9(13)20)17-5-4-8(19)16-11(17)22/h4-5,7,9,18,20,23H,6H2,1-3H3,(H,16,19,22)/t7-,9-,13-,14+/m1/s1. The SMILES string of the molecule is CC(C)(C)OC(=O)[C@]1(O)[C@@H](O)[C@](F)(n2ccc(=O)[nH]c2=O)O[C@@H]1CO. The van der Waals surface area contributed by atoms with Gasteiger partial charge >= 0.3 is 17.6 Å². The molecule has 4 atom stereocenters. The van der Waals surface area contributed by atoms with Crippen LogP contribution in [0.5, 0.6) is 0 Å². The van der Waals surface area contributed by atoms with Gasteiger partial charge in [-0.1, -0.05) is 0 Å². The van der Waals surface area contributed by atoms with Gasteiger partial charge in [0.15, 0.2) is 6.10 Å². The molecule has 0 saturated carbocycles.